The first-order valence-corrected chi connectivity index (χ1v) is 10.7. The van der Waals surface area contributed by atoms with Crippen molar-refractivity contribution >= 4 is 62.4 Å². The molecule has 0 aliphatic carbocycles. The third-order valence-corrected chi connectivity index (χ3v) is 6.69. The molecule has 0 unspecified atom stereocenters. The first kappa shape index (κ1) is 20.1. The average Bonchev–Trinajstić information content (AvgIpc) is 3.21. The van der Waals surface area contributed by atoms with Crippen LogP contribution in [0.3, 0.4) is 0 Å². The molecule has 0 saturated heterocycles. The van der Waals surface area contributed by atoms with E-state index in [1.54, 1.807) is 43.3 Å². The highest BCUT2D eigenvalue weighted by atomic mass is 35.5. The normalized spacial score (nSPS) is 11.7. The van der Waals surface area contributed by atoms with E-state index in [4.69, 9.17) is 16.1 Å². The van der Waals surface area contributed by atoms with Crippen LogP contribution in [0.25, 0.3) is 12.2 Å². The summed E-state index contributed by atoms with van der Waals surface area (Å²) in [6.45, 7) is 3.10. The van der Waals surface area contributed by atoms with E-state index >= 15 is 0 Å². The van der Waals surface area contributed by atoms with Crippen molar-refractivity contribution in [2.24, 2.45) is 0 Å². The Morgan fingerprint density at radius 2 is 2.04 bits per heavy atom. The Bertz CT molecular complexity index is 1150. The molecule has 0 radical (unpaired) electrons. The van der Waals surface area contributed by atoms with Crippen LogP contribution < -0.4 is 10.0 Å². The van der Waals surface area contributed by atoms with Crippen molar-refractivity contribution in [2.75, 3.05) is 10.0 Å². The number of carbonyl (C=O) groups is 1. The van der Waals surface area contributed by atoms with Crippen LogP contribution in [0.2, 0.25) is 5.02 Å². The molecule has 2 aromatic heterocycles. The number of sulfonamides is 1. The SMILES string of the molecule is CC(=O)Nc1c(C)noc1C=Cc1ccc(S(=O)(=O)Nc2cccc(Cl)c2)s1. The summed E-state index contributed by atoms with van der Waals surface area (Å²) in [7, 11) is -3.73. The monoisotopic (exact) mass is 437 g/mol. The van der Waals surface area contributed by atoms with Gasteiger partial charge < -0.3 is 9.84 Å². The van der Waals surface area contributed by atoms with Crippen LogP contribution in [-0.2, 0) is 14.8 Å². The molecular weight excluding hydrogens is 422 g/mol. The largest absolute Gasteiger partial charge is 0.354 e. The summed E-state index contributed by atoms with van der Waals surface area (Å²) in [6.07, 6.45) is 3.31. The smallest absolute Gasteiger partial charge is 0.271 e. The second-order valence-corrected chi connectivity index (χ2v) is 9.26. The molecule has 0 bridgehead atoms. The van der Waals surface area contributed by atoms with E-state index in [1.807, 2.05) is 0 Å². The summed E-state index contributed by atoms with van der Waals surface area (Å²) in [6, 6.07) is 9.66. The molecule has 0 atom stereocenters. The number of anilines is 2. The Morgan fingerprint density at radius 3 is 2.75 bits per heavy atom. The standard InChI is InChI=1S/C18H16ClN3O4S2/c1-11-18(20-12(2)23)16(26-21-11)8-6-15-7-9-17(27-15)28(24,25)22-14-5-3-4-13(19)10-14/h3-10,22H,1-2H3,(H,20,23). The van der Waals surface area contributed by atoms with Gasteiger partial charge in [0, 0.05) is 16.8 Å². The number of aromatic nitrogens is 1. The van der Waals surface area contributed by atoms with Crippen molar-refractivity contribution in [3.05, 3.63) is 57.8 Å². The van der Waals surface area contributed by atoms with Crippen LogP contribution in [0.5, 0.6) is 0 Å². The summed E-state index contributed by atoms with van der Waals surface area (Å²) in [5.41, 5.74) is 1.42. The molecular formula is C18H16ClN3O4S2. The molecule has 3 rings (SSSR count). The molecule has 10 heteroatoms. The molecule has 146 valence electrons. The van der Waals surface area contributed by atoms with Gasteiger partial charge in [0.1, 0.15) is 15.6 Å². The second-order valence-electron chi connectivity index (χ2n) is 5.79. The molecule has 0 aliphatic rings. The number of nitrogens with one attached hydrogen (secondary N) is 2. The summed E-state index contributed by atoms with van der Waals surface area (Å²) < 4.78 is 32.9. The van der Waals surface area contributed by atoms with Gasteiger partial charge in [-0.1, -0.05) is 22.8 Å². The molecule has 1 aromatic carbocycles. The molecule has 0 spiro atoms. The molecule has 3 aromatic rings. The number of hydrogen-bond acceptors (Lipinski definition) is 6. The molecule has 2 heterocycles. The summed E-state index contributed by atoms with van der Waals surface area (Å²) >= 11 is 6.98. The molecule has 28 heavy (non-hydrogen) atoms. The summed E-state index contributed by atoms with van der Waals surface area (Å²) in [5, 5.41) is 6.92. The predicted octanol–water partition coefficient (Wildman–Crippen LogP) is 4.63. The topological polar surface area (TPSA) is 101 Å². The number of nitrogens with zero attached hydrogens (tertiary/aromatic N) is 1. The number of thiophene rings is 1. The van der Waals surface area contributed by atoms with Crippen LogP contribution >= 0.6 is 22.9 Å². The van der Waals surface area contributed by atoms with Gasteiger partial charge in [0.2, 0.25) is 5.91 Å². The highest BCUT2D eigenvalue weighted by molar-refractivity contribution is 7.94. The second kappa shape index (κ2) is 8.17. The first-order valence-electron chi connectivity index (χ1n) is 8.05. The van der Waals surface area contributed by atoms with Gasteiger partial charge in [-0.05, 0) is 49.4 Å². The fourth-order valence-corrected chi connectivity index (χ4v) is 4.78. The molecule has 0 aliphatic heterocycles. The van der Waals surface area contributed by atoms with Gasteiger partial charge in [-0.25, -0.2) is 8.42 Å². The van der Waals surface area contributed by atoms with Gasteiger partial charge in [-0.3, -0.25) is 9.52 Å². The number of amides is 1. The van der Waals surface area contributed by atoms with E-state index in [2.05, 4.69) is 15.2 Å². The maximum Gasteiger partial charge on any atom is 0.271 e. The van der Waals surface area contributed by atoms with Crippen LogP contribution in [0.1, 0.15) is 23.3 Å². The van der Waals surface area contributed by atoms with Crippen LogP contribution in [0, 0.1) is 6.92 Å². The van der Waals surface area contributed by atoms with Crippen molar-refractivity contribution in [3.8, 4) is 0 Å². The Kier molecular flexibility index (Phi) is 5.87. The number of halogens is 1. The molecule has 1 amide bonds. The highest BCUT2D eigenvalue weighted by Crippen LogP contribution is 2.28. The maximum absolute atomic E-state index is 12.5. The average molecular weight is 438 g/mol. The van der Waals surface area contributed by atoms with E-state index in [0.717, 1.165) is 11.3 Å². The number of benzene rings is 1. The lowest BCUT2D eigenvalue weighted by Crippen LogP contribution is -2.11. The summed E-state index contributed by atoms with van der Waals surface area (Å²) in [4.78, 5) is 12.0. The minimum absolute atomic E-state index is 0.156. The number of rotatable bonds is 6. The van der Waals surface area contributed by atoms with E-state index < -0.39 is 10.0 Å². The zero-order valence-corrected chi connectivity index (χ0v) is 17.3. The van der Waals surface area contributed by atoms with E-state index in [9.17, 15) is 13.2 Å². The van der Waals surface area contributed by atoms with Crippen molar-refractivity contribution in [1.82, 2.24) is 5.16 Å². The Labute approximate surface area is 171 Å². The lowest BCUT2D eigenvalue weighted by atomic mass is 10.2. The number of aryl methyl sites for hydroxylation is 1. The lowest BCUT2D eigenvalue weighted by Gasteiger charge is -2.06. The molecule has 0 saturated carbocycles. The quantitative estimate of drug-likeness (QED) is 0.585. The van der Waals surface area contributed by atoms with Crippen molar-refractivity contribution in [1.29, 1.82) is 0 Å². The van der Waals surface area contributed by atoms with Gasteiger partial charge in [0.25, 0.3) is 10.0 Å². The zero-order chi connectivity index (χ0) is 20.3. The fraction of sp³-hybridized carbons (Fsp3) is 0.111. The van der Waals surface area contributed by atoms with Crippen LogP contribution in [-0.4, -0.2) is 19.5 Å². The number of carbonyl (C=O) groups excluding carboxylic acids is 1. The third-order valence-electron chi connectivity index (χ3n) is 3.53. The Morgan fingerprint density at radius 1 is 1.25 bits per heavy atom. The fourth-order valence-electron chi connectivity index (χ4n) is 2.31. The van der Waals surface area contributed by atoms with Gasteiger partial charge in [-0.15, -0.1) is 11.3 Å². The maximum atomic E-state index is 12.5. The Hall–Kier alpha value is -2.62. The van der Waals surface area contributed by atoms with Gasteiger partial charge in [0.05, 0.1) is 5.69 Å². The van der Waals surface area contributed by atoms with E-state index in [0.29, 0.717) is 32.7 Å². The minimum atomic E-state index is -3.73. The van der Waals surface area contributed by atoms with Crippen LogP contribution in [0.15, 0.2) is 45.1 Å². The molecule has 2 N–H and O–H groups in total. The number of hydrogen-bond donors (Lipinski definition) is 2. The van der Waals surface area contributed by atoms with Gasteiger partial charge >= 0.3 is 0 Å². The Balaban J connectivity index is 1.79. The lowest BCUT2D eigenvalue weighted by molar-refractivity contribution is -0.114. The van der Waals surface area contributed by atoms with Gasteiger partial charge in [0.15, 0.2) is 5.76 Å². The van der Waals surface area contributed by atoms with E-state index in [1.165, 1.54) is 19.1 Å². The minimum Gasteiger partial charge on any atom is -0.354 e. The first-order chi connectivity index (χ1) is 13.2. The third kappa shape index (κ3) is 4.80. The highest BCUT2D eigenvalue weighted by Gasteiger charge is 2.17. The van der Waals surface area contributed by atoms with Gasteiger partial charge in [-0.2, -0.15) is 0 Å². The molecule has 7 nitrogen and oxygen atoms in total. The van der Waals surface area contributed by atoms with Crippen molar-refractivity contribution in [2.45, 2.75) is 18.1 Å². The zero-order valence-electron chi connectivity index (χ0n) is 14.9. The molecule has 0 fully saturated rings. The van der Waals surface area contributed by atoms with Crippen molar-refractivity contribution < 1.29 is 17.7 Å². The van der Waals surface area contributed by atoms with Crippen LogP contribution in [0.4, 0.5) is 11.4 Å². The van der Waals surface area contributed by atoms with E-state index in [-0.39, 0.29) is 10.1 Å². The predicted molar refractivity (Wildman–Crippen MR) is 111 cm³/mol. The summed E-state index contributed by atoms with van der Waals surface area (Å²) in [5.74, 6) is 0.139. The van der Waals surface area contributed by atoms with Crippen molar-refractivity contribution in [3.63, 3.8) is 0 Å².